The average molecular weight is 243 g/mol. The Morgan fingerprint density at radius 2 is 2.00 bits per heavy atom. The first-order valence-corrected chi connectivity index (χ1v) is 6.08. The molecule has 3 rings (SSSR count). The van der Waals surface area contributed by atoms with Gasteiger partial charge in [0.2, 0.25) is 0 Å². The molecule has 0 unspecified atom stereocenters. The number of aromatic nitrogens is 1. The number of H-pyrrole nitrogens is 1. The van der Waals surface area contributed by atoms with Crippen molar-refractivity contribution in [2.75, 3.05) is 5.75 Å². The predicted molar refractivity (Wildman–Crippen MR) is 58.0 cm³/mol. The van der Waals surface area contributed by atoms with Crippen molar-refractivity contribution >= 4 is 22.7 Å². The van der Waals surface area contributed by atoms with Crippen LogP contribution in [0.15, 0.2) is 6.07 Å². The van der Waals surface area contributed by atoms with Crippen molar-refractivity contribution < 1.29 is 13.2 Å². The van der Waals surface area contributed by atoms with Crippen LogP contribution in [0, 0.1) is 17.5 Å². The van der Waals surface area contributed by atoms with E-state index < -0.39 is 17.5 Å². The molecule has 1 aliphatic rings. The van der Waals surface area contributed by atoms with Crippen LogP contribution in [0.1, 0.15) is 11.3 Å². The Morgan fingerprint density at radius 3 is 2.81 bits per heavy atom. The third kappa shape index (κ3) is 1.27. The van der Waals surface area contributed by atoms with Crippen molar-refractivity contribution in [3.8, 4) is 0 Å². The maximum absolute atomic E-state index is 13.6. The van der Waals surface area contributed by atoms with Crippen molar-refractivity contribution in [1.82, 2.24) is 4.98 Å². The van der Waals surface area contributed by atoms with Gasteiger partial charge < -0.3 is 4.98 Å². The lowest BCUT2D eigenvalue weighted by Gasteiger charge is -2.10. The Hall–Kier alpha value is -1.10. The summed E-state index contributed by atoms with van der Waals surface area (Å²) in [6.45, 7) is 0. The second kappa shape index (κ2) is 3.45. The maximum Gasteiger partial charge on any atom is 0.195 e. The lowest BCUT2D eigenvalue weighted by atomic mass is 10.1. The van der Waals surface area contributed by atoms with Gasteiger partial charge in [0.25, 0.3) is 0 Å². The zero-order valence-electron chi connectivity index (χ0n) is 8.24. The van der Waals surface area contributed by atoms with E-state index in [9.17, 15) is 13.2 Å². The highest BCUT2D eigenvalue weighted by molar-refractivity contribution is 7.98. The highest BCUT2D eigenvalue weighted by Crippen LogP contribution is 2.34. The highest BCUT2D eigenvalue weighted by atomic mass is 32.2. The molecule has 0 bridgehead atoms. The van der Waals surface area contributed by atoms with Crippen LogP contribution in [-0.4, -0.2) is 10.7 Å². The molecule has 0 saturated heterocycles. The number of thioether (sulfide) groups is 1. The largest absolute Gasteiger partial charge is 0.358 e. The van der Waals surface area contributed by atoms with Gasteiger partial charge in [-0.15, -0.1) is 0 Å². The summed E-state index contributed by atoms with van der Waals surface area (Å²) in [5.41, 5.74) is 2.03. The van der Waals surface area contributed by atoms with E-state index in [2.05, 4.69) is 4.98 Å². The summed E-state index contributed by atoms with van der Waals surface area (Å²) in [4.78, 5) is 2.96. The zero-order chi connectivity index (χ0) is 11.3. The van der Waals surface area contributed by atoms with E-state index in [4.69, 9.17) is 0 Å². The number of hydrogen-bond acceptors (Lipinski definition) is 1. The minimum atomic E-state index is -1.38. The van der Waals surface area contributed by atoms with Gasteiger partial charge in [-0.1, -0.05) is 0 Å². The summed E-state index contributed by atoms with van der Waals surface area (Å²) in [7, 11) is 0. The van der Waals surface area contributed by atoms with Crippen LogP contribution >= 0.6 is 11.8 Å². The number of aromatic amines is 1. The highest BCUT2D eigenvalue weighted by Gasteiger charge is 2.22. The van der Waals surface area contributed by atoms with Gasteiger partial charge in [-0.2, -0.15) is 11.8 Å². The van der Waals surface area contributed by atoms with E-state index >= 15 is 0 Å². The molecule has 84 valence electrons. The second-order valence-electron chi connectivity index (χ2n) is 3.79. The van der Waals surface area contributed by atoms with Gasteiger partial charge in [0.15, 0.2) is 17.5 Å². The standard InChI is InChI=1S/C11H8F3NS/c12-6-3-8-9(11(14)10(6)13)5-4-16-2-1-7(5)15-8/h3,15H,1-2,4H2. The van der Waals surface area contributed by atoms with Crippen LogP contribution in [0.2, 0.25) is 0 Å². The van der Waals surface area contributed by atoms with Crippen LogP contribution in [0.4, 0.5) is 13.2 Å². The summed E-state index contributed by atoms with van der Waals surface area (Å²) < 4.78 is 39.8. The van der Waals surface area contributed by atoms with E-state index in [1.165, 1.54) is 0 Å². The first kappa shape index (κ1) is 10.1. The molecule has 0 spiro atoms. The van der Waals surface area contributed by atoms with Gasteiger partial charge in [-0.25, -0.2) is 13.2 Å². The maximum atomic E-state index is 13.6. The smallest absolute Gasteiger partial charge is 0.195 e. The topological polar surface area (TPSA) is 15.8 Å². The van der Waals surface area contributed by atoms with Gasteiger partial charge in [0.05, 0.1) is 5.52 Å². The second-order valence-corrected chi connectivity index (χ2v) is 4.90. The SMILES string of the molecule is Fc1cc2[nH]c3c(c2c(F)c1F)CSCC3. The summed E-state index contributed by atoms with van der Waals surface area (Å²) in [6, 6.07) is 1.02. The number of rotatable bonds is 0. The molecule has 0 saturated carbocycles. The fourth-order valence-corrected chi connectivity index (χ4v) is 3.11. The van der Waals surface area contributed by atoms with Crippen molar-refractivity contribution in [1.29, 1.82) is 0 Å². The van der Waals surface area contributed by atoms with Crippen LogP contribution in [0.5, 0.6) is 0 Å². The van der Waals surface area contributed by atoms with E-state index in [-0.39, 0.29) is 5.39 Å². The number of benzene rings is 1. The molecule has 1 aromatic carbocycles. The predicted octanol–water partition coefficient (Wildman–Crippen LogP) is 3.37. The third-order valence-corrected chi connectivity index (χ3v) is 3.84. The molecule has 2 heterocycles. The number of nitrogens with one attached hydrogen (secondary N) is 1. The van der Waals surface area contributed by atoms with Gasteiger partial charge in [-0.3, -0.25) is 0 Å². The van der Waals surface area contributed by atoms with Gasteiger partial charge in [0.1, 0.15) is 0 Å². The van der Waals surface area contributed by atoms with Crippen LogP contribution in [0.3, 0.4) is 0 Å². The summed E-state index contributed by atoms with van der Waals surface area (Å²) in [6.07, 6.45) is 0.789. The zero-order valence-corrected chi connectivity index (χ0v) is 9.06. The number of halogens is 3. The lowest BCUT2D eigenvalue weighted by Crippen LogP contribution is -2.00. The Morgan fingerprint density at radius 1 is 1.19 bits per heavy atom. The Balaban J connectivity index is 2.40. The van der Waals surface area contributed by atoms with Gasteiger partial charge in [-0.05, 0) is 17.7 Å². The number of fused-ring (bicyclic) bond motifs is 3. The fraction of sp³-hybridized carbons (Fsp3) is 0.273. The monoisotopic (exact) mass is 243 g/mol. The van der Waals surface area contributed by atoms with Crippen molar-refractivity contribution in [2.24, 2.45) is 0 Å². The molecule has 2 aromatic rings. The summed E-state index contributed by atoms with van der Waals surface area (Å²) >= 11 is 1.67. The Kier molecular flexibility index (Phi) is 2.17. The van der Waals surface area contributed by atoms with E-state index in [0.29, 0.717) is 11.3 Å². The summed E-state index contributed by atoms with van der Waals surface area (Å²) in [5, 5.41) is 0.209. The van der Waals surface area contributed by atoms with Crippen LogP contribution in [0.25, 0.3) is 10.9 Å². The molecule has 0 atom stereocenters. The summed E-state index contributed by atoms with van der Waals surface area (Å²) in [5.74, 6) is -2.00. The molecule has 0 aliphatic carbocycles. The Labute approximate surface area is 94.0 Å². The van der Waals surface area contributed by atoms with E-state index in [1.54, 1.807) is 11.8 Å². The fourth-order valence-electron chi connectivity index (χ4n) is 2.10. The van der Waals surface area contributed by atoms with Crippen molar-refractivity contribution in [2.45, 2.75) is 12.2 Å². The van der Waals surface area contributed by atoms with E-state index in [0.717, 1.165) is 29.5 Å². The molecule has 1 nitrogen and oxygen atoms in total. The average Bonchev–Trinajstić information content (AvgIpc) is 2.64. The minimum absolute atomic E-state index is 0.209. The molecule has 0 radical (unpaired) electrons. The lowest BCUT2D eigenvalue weighted by molar-refractivity contribution is 0.453. The molecule has 0 amide bonds. The van der Waals surface area contributed by atoms with Crippen LogP contribution < -0.4 is 0 Å². The first-order valence-electron chi connectivity index (χ1n) is 4.93. The number of aryl methyl sites for hydroxylation is 1. The molecule has 16 heavy (non-hydrogen) atoms. The number of hydrogen-bond donors (Lipinski definition) is 1. The third-order valence-electron chi connectivity index (χ3n) is 2.86. The van der Waals surface area contributed by atoms with Gasteiger partial charge >= 0.3 is 0 Å². The van der Waals surface area contributed by atoms with Crippen LogP contribution in [-0.2, 0) is 12.2 Å². The van der Waals surface area contributed by atoms with Gasteiger partial charge in [0, 0.05) is 22.9 Å². The minimum Gasteiger partial charge on any atom is -0.358 e. The molecular weight excluding hydrogens is 235 g/mol. The normalized spacial score (nSPS) is 15.4. The van der Waals surface area contributed by atoms with E-state index in [1.807, 2.05) is 0 Å². The first-order chi connectivity index (χ1) is 7.68. The van der Waals surface area contributed by atoms with Crippen molar-refractivity contribution in [3.63, 3.8) is 0 Å². The van der Waals surface area contributed by atoms with Crippen molar-refractivity contribution in [3.05, 3.63) is 34.8 Å². The molecule has 5 heteroatoms. The molecule has 1 aliphatic heterocycles. The molecular formula is C11H8F3NS. The molecule has 1 aromatic heterocycles. The Bertz CT molecular complexity index is 576. The molecule has 1 N–H and O–H groups in total. The molecule has 0 fully saturated rings. The quantitative estimate of drug-likeness (QED) is 0.701.